The van der Waals surface area contributed by atoms with Gasteiger partial charge < -0.3 is 16.2 Å². The summed E-state index contributed by atoms with van der Waals surface area (Å²) < 4.78 is 0. The lowest BCUT2D eigenvalue weighted by Gasteiger charge is -2.08. The van der Waals surface area contributed by atoms with Gasteiger partial charge in [-0.25, -0.2) is 0 Å². The van der Waals surface area contributed by atoms with Gasteiger partial charge in [-0.2, -0.15) is 0 Å². The van der Waals surface area contributed by atoms with Crippen LogP contribution in [0.15, 0.2) is 36.4 Å². The number of nitrogen functional groups attached to an aromatic ring is 1. The third kappa shape index (κ3) is 2.85. The zero-order valence-electron chi connectivity index (χ0n) is 10.9. The quantitative estimate of drug-likeness (QED) is 0.723. The fourth-order valence-corrected chi connectivity index (χ4v) is 1.71. The SMILES string of the molecule is Cc1cc(NC(=O)c2ccc(C)c(O)c2)ccc1N. The van der Waals surface area contributed by atoms with Gasteiger partial charge in [-0.15, -0.1) is 0 Å². The van der Waals surface area contributed by atoms with Gasteiger partial charge in [0.15, 0.2) is 0 Å². The summed E-state index contributed by atoms with van der Waals surface area (Å²) in [6, 6.07) is 10.1. The van der Waals surface area contributed by atoms with Crippen molar-refractivity contribution >= 4 is 17.3 Å². The summed E-state index contributed by atoms with van der Waals surface area (Å²) in [5.74, 6) is -0.152. The van der Waals surface area contributed by atoms with E-state index in [0.29, 0.717) is 16.9 Å². The molecule has 0 saturated carbocycles. The fraction of sp³-hybridized carbons (Fsp3) is 0.133. The molecule has 4 N–H and O–H groups in total. The lowest BCUT2D eigenvalue weighted by molar-refractivity contribution is 0.102. The summed E-state index contributed by atoms with van der Waals surface area (Å²) >= 11 is 0. The molecule has 98 valence electrons. The minimum Gasteiger partial charge on any atom is -0.508 e. The molecule has 2 aromatic carbocycles. The van der Waals surface area contributed by atoms with E-state index in [4.69, 9.17) is 5.73 Å². The van der Waals surface area contributed by atoms with Crippen LogP contribution < -0.4 is 11.1 Å². The number of aryl methyl sites for hydroxylation is 2. The van der Waals surface area contributed by atoms with E-state index in [0.717, 1.165) is 11.1 Å². The van der Waals surface area contributed by atoms with Gasteiger partial charge in [0.25, 0.3) is 5.91 Å². The van der Waals surface area contributed by atoms with E-state index in [1.54, 1.807) is 37.3 Å². The zero-order chi connectivity index (χ0) is 14.0. The summed E-state index contributed by atoms with van der Waals surface area (Å²) in [7, 11) is 0. The molecule has 19 heavy (non-hydrogen) atoms. The highest BCUT2D eigenvalue weighted by Gasteiger charge is 2.08. The van der Waals surface area contributed by atoms with Gasteiger partial charge in [0.2, 0.25) is 0 Å². The van der Waals surface area contributed by atoms with Crippen LogP contribution in [0.25, 0.3) is 0 Å². The molecule has 0 radical (unpaired) electrons. The molecule has 0 heterocycles. The predicted octanol–water partition coefficient (Wildman–Crippen LogP) is 2.84. The number of nitrogens with one attached hydrogen (secondary N) is 1. The number of phenolic OH excluding ortho intramolecular Hbond substituents is 1. The second kappa shape index (κ2) is 5.02. The molecule has 4 nitrogen and oxygen atoms in total. The molecule has 0 spiro atoms. The Balaban J connectivity index is 2.20. The van der Waals surface area contributed by atoms with E-state index < -0.39 is 0 Å². The zero-order valence-corrected chi connectivity index (χ0v) is 10.9. The van der Waals surface area contributed by atoms with Crippen LogP contribution in [-0.2, 0) is 0 Å². The number of hydrogen-bond donors (Lipinski definition) is 3. The molecular weight excluding hydrogens is 240 g/mol. The van der Waals surface area contributed by atoms with Crippen LogP contribution in [0.4, 0.5) is 11.4 Å². The van der Waals surface area contributed by atoms with E-state index in [2.05, 4.69) is 5.32 Å². The molecule has 2 aromatic rings. The third-order valence-electron chi connectivity index (χ3n) is 3.00. The third-order valence-corrected chi connectivity index (χ3v) is 3.00. The maximum Gasteiger partial charge on any atom is 0.255 e. The highest BCUT2D eigenvalue weighted by molar-refractivity contribution is 6.04. The van der Waals surface area contributed by atoms with Crippen LogP contribution in [-0.4, -0.2) is 11.0 Å². The number of carbonyl (C=O) groups is 1. The second-order valence-electron chi connectivity index (χ2n) is 4.53. The minimum atomic E-state index is -0.264. The highest BCUT2D eigenvalue weighted by atomic mass is 16.3. The number of anilines is 2. The molecule has 0 aromatic heterocycles. The van der Waals surface area contributed by atoms with Crippen molar-refractivity contribution in [2.24, 2.45) is 0 Å². The Morgan fingerprint density at radius 1 is 1.11 bits per heavy atom. The number of hydrogen-bond acceptors (Lipinski definition) is 3. The Morgan fingerprint density at radius 2 is 1.84 bits per heavy atom. The summed E-state index contributed by atoms with van der Waals surface area (Å²) in [6.07, 6.45) is 0. The number of rotatable bonds is 2. The molecule has 0 aliphatic heterocycles. The Hall–Kier alpha value is -2.49. The van der Waals surface area contributed by atoms with E-state index in [-0.39, 0.29) is 11.7 Å². The molecule has 0 atom stereocenters. The number of phenols is 1. The number of carbonyl (C=O) groups excluding carboxylic acids is 1. The molecule has 0 bridgehead atoms. The summed E-state index contributed by atoms with van der Waals surface area (Å²) in [5, 5.41) is 12.4. The van der Waals surface area contributed by atoms with Crippen LogP contribution in [0.3, 0.4) is 0 Å². The van der Waals surface area contributed by atoms with Crippen molar-refractivity contribution in [1.29, 1.82) is 0 Å². The lowest BCUT2D eigenvalue weighted by atomic mass is 10.1. The molecule has 0 aliphatic carbocycles. The first kappa shape index (κ1) is 13.0. The lowest BCUT2D eigenvalue weighted by Crippen LogP contribution is -2.12. The van der Waals surface area contributed by atoms with Crippen molar-refractivity contribution in [2.75, 3.05) is 11.1 Å². The topological polar surface area (TPSA) is 75.3 Å². The van der Waals surface area contributed by atoms with Gasteiger partial charge in [-0.3, -0.25) is 4.79 Å². The summed E-state index contributed by atoms with van der Waals surface area (Å²) in [6.45, 7) is 3.66. The van der Waals surface area contributed by atoms with E-state index in [1.165, 1.54) is 6.07 Å². The van der Waals surface area contributed by atoms with Crippen LogP contribution in [0.5, 0.6) is 5.75 Å². The highest BCUT2D eigenvalue weighted by Crippen LogP contribution is 2.20. The van der Waals surface area contributed by atoms with Crippen LogP contribution >= 0.6 is 0 Å². The fourth-order valence-electron chi connectivity index (χ4n) is 1.71. The molecule has 1 amide bonds. The second-order valence-corrected chi connectivity index (χ2v) is 4.53. The molecule has 0 fully saturated rings. The van der Waals surface area contributed by atoms with Gasteiger partial charge in [0.05, 0.1) is 0 Å². The molecule has 0 aliphatic rings. The maximum atomic E-state index is 12.0. The van der Waals surface area contributed by atoms with Gasteiger partial charge >= 0.3 is 0 Å². The predicted molar refractivity (Wildman–Crippen MR) is 76.4 cm³/mol. The number of benzene rings is 2. The van der Waals surface area contributed by atoms with Gasteiger partial charge in [0.1, 0.15) is 5.75 Å². The normalized spacial score (nSPS) is 10.2. The van der Waals surface area contributed by atoms with Crippen molar-refractivity contribution in [3.05, 3.63) is 53.1 Å². The average molecular weight is 256 g/mol. The number of amides is 1. The van der Waals surface area contributed by atoms with Crippen molar-refractivity contribution in [1.82, 2.24) is 0 Å². The largest absolute Gasteiger partial charge is 0.508 e. The standard InChI is InChI=1S/C15H16N2O2/c1-9-3-4-11(8-14(9)18)15(19)17-12-5-6-13(16)10(2)7-12/h3-8,18H,16H2,1-2H3,(H,17,19). The van der Waals surface area contributed by atoms with Gasteiger partial charge in [0, 0.05) is 16.9 Å². The van der Waals surface area contributed by atoms with Gasteiger partial charge in [-0.1, -0.05) is 6.07 Å². The summed E-state index contributed by atoms with van der Waals surface area (Å²) in [4.78, 5) is 12.0. The first-order valence-corrected chi connectivity index (χ1v) is 5.94. The first-order chi connectivity index (χ1) is 8.97. The Kier molecular flexibility index (Phi) is 3.42. The van der Waals surface area contributed by atoms with Crippen molar-refractivity contribution < 1.29 is 9.90 Å². The first-order valence-electron chi connectivity index (χ1n) is 5.94. The minimum absolute atomic E-state index is 0.112. The van der Waals surface area contributed by atoms with Crippen LogP contribution in [0.1, 0.15) is 21.5 Å². The van der Waals surface area contributed by atoms with Crippen molar-refractivity contribution in [3.63, 3.8) is 0 Å². The van der Waals surface area contributed by atoms with Crippen LogP contribution in [0, 0.1) is 13.8 Å². The molecule has 2 rings (SSSR count). The number of nitrogens with two attached hydrogens (primary N) is 1. The molecule has 4 heteroatoms. The monoisotopic (exact) mass is 256 g/mol. The molecule has 0 saturated heterocycles. The molecular formula is C15H16N2O2. The van der Waals surface area contributed by atoms with Crippen molar-refractivity contribution in [2.45, 2.75) is 13.8 Å². The smallest absolute Gasteiger partial charge is 0.255 e. The van der Waals surface area contributed by atoms with Crippen LogP contribution in [0.2, 0.25) is 0 Å². The van der Waals surface area contributed by atoms with Gasteiger partial charge in [-0.05, 0) is 55.3 Å². The maximum absolute atomic E-state index is 12.0. The van der Waals surface area contributed by atoms with Crippen molar-refractivity contribution in [3.8, 4) is 5.75 Å². The number of aromatic hydroxyl groups is 1. The Morgan fingerprint density at radius 3 is 2.47 bits per heavy atom. The van der Waals surface area contributed by atoms with E-state index in [9.17, 15) is 9.90 Å². The van der Waals surface area contributed by atoms with E-state index >= 15 is 0 Å². The van der Waals surface area contributed by atoms with E-state index in [1.807, 2.05) is 6.92 Å². The molecule has 0 unspecified atom stereocenters. The average Bonchev–Trinajstić information content (AvgIpc) is 2.37. The Bertz CT molecular complexity index is 636. The summed E-state index contributed by atoms with van der Waals surface area (Å²) in [5.41, 5.74) is 9.14. The Labute approximate surface area is 111 Å².